The van der Waals surface area contributed by atoms with E-state index < -0.39 is 0 Å². The zero-order valence-corrected chi connectivity index (χ0v) is 15.0. The van der Waals surface area contributed by atoms with E-state index in [0.717, 1.165) is 21.3 Å². The van der Waals surface area contributed by atoms with Crippen LogP contribution in [0.2, 0.25) is 0 Å². The monoisotopic (exact) mass is 374 g/mol. The Bertz CT molecular complexity index is 724. The number of amides is 1. The van der Waals surface area contributed by atoms with Gasteiger partial charge in [-0.15, -0.1) is 0 Å². The van der Waals surface area contributed by atoms with Gasteiger partial charge in [-0.25, -0.2) is 5.43 Å². The van der Waals surface area contributed by atoms with Crippen LogP contribution in [0.1, 0.15) is 23.6 Å². The topological polar surface area (TPSA) is 50.7 Å². The summed E-state index contributed by atoms with van der Waals surface area (Å²) >= 11 is 3.41. The molecule has 0 saturated heterocycles. The molecule has 0 fully saturated rings. The molecule has 0 bridgehead atoms. The lowest BCUT2D eigenvalue weighted by Crippen LogP contribution is -2.25. The highest BCUT2D eigenvalue weighted by atomic mass is 79.9. The molecule has 1 amide bonds. The molecule has 2 rings (SSSR count). The highest BCUT2D eigenvalue weighted by Crippen LogP contribution is 2.25. The quantitative estimate of drug-likeness (QED) is 0.635. The fraction of sp³-hybridized carbons (Fsp3) is 0.222. The van der Waals surface area contributed by atoms with Gasteiger partial charge in [0, 0.05) is 0 Å². The molecule has 0 radical (unpaired) electrons. The lowest BCUT2D eigenvalue weighted by molar-refractivity contribution is -0.123. The number of ether oxygens (including phenoxy) is 1. The molecule has 0 heterocycles. The van der Waals surface area contributed by atoms with Crippen LogP contribution >= 0.6 is 15.9 Å². The van der Waals surface area contributed by atoms with Crippen molar-refractivity contribution in [2.45, 2.75) is 20.8 Å². The van der Waals surface area contributed by atoms with Gasteiger partial charge in [-0.05, 0) is 60.0 Å². The van der Waals surface area contributed by atoms with Crippen molar-refractivity contribution in [1.29, 1.82) is 0 Å². The van der Waals surface area contributed by atoms with Gasteiger partial charge in [-0.2, -0.15) is 5.10 Å². The molecule has 4 nitrogen and oxygen atoms in total. The minimum absolute atomic E-state index is 0.0909. The van der Waals surface area contributed by atoms with Crippen LogP contribution in [0, 0.1) is 13.8 Å². The minimum Gasteiger partial charge on any atom is -0.483 e. The molecule has 2 aromatic rings. The average Bonchev–Trinajstić information content (AvgIpc) is 2.52. The Kier molecular flexibility index (Phi) is 5.93. The maximum atomic E-state index is 11.8. The molecule has 0 aliphatic rings. The van der Waals surface area contributed by atoms with Crippen LogP contribution in [-0.2, 0) is 4.79 Å². The van der Waals surface area contributed by atoms with E-state index in [1.165, 1.54) is 5.56 Å². The summed E-state index contributed by atoms with van der Waals surface area (Å²) in [6, 6.07) is 13.7. The fourth-order valence-electron chi connectivity index (χ4n) is 1.90. The van der Waals surface area contributed by atoms with Crippen LogP contribution in [-0.4, -0.2) is 18.2 Å². The number of benzene rings is 2. The van der Waals surface area contributed by atoms with E-state index in [0.29, 0.717) is 5.75 Å². The molecule has 1 N–H and O–H groups in total. The summed E-state index contributed by atoms with van der Waals surface area (Å²) in [6.45, 7) is 5.77. The number of carbonyl (C=O) groups excluding carboxylic acids is 1. The number of hydrogen-bond acceptors (Lipinski definition) is 3. The first-order chi connectivity index (χ1) is 11.0. The van der Waals surface area contributed by atoms with Crippen LogP contribution < -0.4 is 10.2 Å². The van der Waals surface area contributed by atoms with E-state index >= 15 is 0 Å². The molecule has 120 valence electrons. The van der Waals surface area contributed by atoms with Crippen molar-refractivity contribution in [3.05, 3.63) is 63.6 Å². The summed E-state index contributed by atoms with van der Waals surface area (Å²) in [5, 5.41) is 4.10. The first-order valence-corrected chi connectivity index (χ1v) is 8.04. The van der Waals surface area contributed by atoms with E-state index in [1.807, 2.05) is 63.2 Å². The van der Waals surface area contributed by atoms with Gasteiger partial charge in [0.25, 0.3) is 5.91 Å². The molecule has 5 heteroatoms. The maximum absolute atomic E-state index is 11.8. The number of nitrogens with one attached hydrogen (secondary N) is 1. The molecule has 0 aliphatic carbocycles. The van der Waals surface area contributed by atoms with Crippen molar-refractivity contribution >= 4 is 27.5 Å². The molecule has 0 aliphatic heterocycles. The summed E-state index contributed by atoms with van der Waals surface area (Å²) in [6.07, 6.45) is 0. The van der Waals surface area contributed by atoms with Crippen LogP contribution in [0.15, 0.2) is 52.0 Å². The molecule has 0 atom stereocenters. The van der Waals surface area contributed by atoms with Crippen molar-refractivity contribution in [1.82, 2.24) is 5.43 Å². The van der Waals surface area contributed by atoms with Gasteiger partial charge in [0.15, 0.2) is 6.61 Å². The third kappa shape index (κ3) is 5.21. The second-order valence-electron chi connectivity index (χ2n) is 5.32. The summed E-state index contributed by atoms with van der Waals surface area (Å²) < 4.78 is 6.30. The second-order valence-corrected chi connectivity index (χ2v) is 6.18. The van der Waals surface area contributed by atoms with E-state index in [2.05, 4.69) is 26.5 Å². The van der Waals surface area contributed by atoms with Crippen molar-refractivity contribution in [3.8, 4) is 5.75 Å². The molecule has 2 aromatic carbocycles. The van der Waals surface area contributed by atoms with Crippen LogP contribution in [0.25, 0.3) is 0 Å². The smallest absolute Gasteiger partial charge is 0.277 e. The van der Waals surface area contributed by atoms with Gasteiger partial charge in [0.1, 0.15) is 5.75 Å². The van der Waals surface area contributed by atoms with Gasteiger partial charge in [0.05, 0.1) is 10.2 Å². The van der Waals surface area contributed by atoms with Crippen molar-refractivity contribution in [2.75, 3.05) is 6.61 Å². The number of halogens is 1. The number of hydrazone groups is 1. The SMILES string of the molecule is CC(=NNC(=O)COc1ccc(C)cc1Br)c1ccc(C)cc1. The number of hydrogen-bond donors (Lipinski definition) is 1. The van der Waals surface area contributed by atoms with E-state index in [4.69, 9.17) is 4.74 Å². The summed E-state index contributed by atoms with van der Waals surface area (Å²) in [5.41, 5.74) is 6.52. The van der Waals surface area contributed by atoms with E-state index in [-0.39, 0.29) is 12.5 Å². The predicted octanol–water partition coefficient (Wildman–Crippen LogP) is 3.99. The highest BCUT2D eigenvalue weighted by Gasteiger charge is 2.06. The summed E-state index contributed by atoms with van der Waals surface area (Å²) in [4.78, 5) is 11.8. The standard InChI is InChI=1S/C18H19BrN2O2/c1-12-4-7-15(8-5-12)14(3)20-21-18(22)11-23-17-9-6-13(2)10-16(17)19/h4-10H,11H2,1-3H3,(H,21,22). The number of nitrogens with zero attached hydrogens (tertiary/aromatic N) is 1. The van der Waals surface area contributed by atoms with Crippen LogP contribution in [0.5, 0.6) is 5.75 Å². The lowest BCUT2D eigenvalue weighted by atomic mass is 10.1. The molecule has 0 unspecified atom stereocenters. The van der Waals surface area contributed by atoms with E-state index in [1.54, 1.807) is 0 Å². The first kappa shape index (κ1) is 17.2. The van der Waals surface area contributed by atoms with Crippen molar-refractivity contribution < 1.29 is 9.53 Å². The van der Waals surface area contributed by atoms with Crippen LogP contribution in [0.3, 0.4) is 0 Å². The summed E-state index contributed by atoms with van der Waals surface area (Å²) in [7, 11) is 0. The molecule has 23 heavy (non-hydrogen) atoms. The Labute approximate surface area is 144 Å². The van der Waals surface area contributed by atoms with Gasteiger partial charge in [-0.3, -0.25) is 4.79 Å². The molecular weight excluding hydrogens is 356 g/mol. The van der Waals surface area contributed by atoms with Gasteiger partial charge < -0.3 is 4.74 Å². The predicted molar refractivity (Wildman–Crippen MR) is 95.9 cm³/mol. The second kappa shape index (κ2) is 7.92. The Morgan fingerprint density at radius 2 is 1.78 bits per heavy atom. The Balaban J connectivity index is 1.89. The normalized spacial score (nSPS) is 11.2. The Morgan fingerprint density at radius 3 is 2.43 bits per heavy atom. The zero-order chi connectivity index (χ0) is 16.8. The Morgan fingerprint density at radius 1 is 1.13 bits per heavy atom. The number of rotatable bonds is 5. The largest absolute Gasteiger partial charge is 0.483 e. The van der Waals surface area contributed by atoms with Crippen LogP contribution in [0.4, 0.5) is 0 Å². The lowest BCUT2D eigenvalue weighted by Gasteiger charge is -2.08. The van der Waals surface area contributed by atoms with Gasteiger partial charge >= 0.3 is 0 Å². The average molecular weight is 375 g/mol. The van der Waals surface area contributed by atoms with Gasteiger partial charge in [0.2, 0.25) is 0 Å². The molecule has 0 spiro atoms. The third-order valence-corrected chi connectivity index (χ3v) is 3.88. The molecule has 0 aromatic heterocycles. The fourth-order valence-corrected chi connectivity index (χ4v) is 2.51. The van der Waals surface area contributed by atoms with Crippen molar-refractivity contribution in [3.63, 3.8) is 0 Å². The van der Waals surface area contributed by atoms with Crippen molar-refractivity contribution in [2.24, 2.45) is 5.10 Å². The van der Waals surface area contributed by atoms with Gasteiger partial charge in [-0.1, -0.05) is 35.9 Å². The first-order valence-electron chi connectivity index (χ1n) is 7.25. The molecular formula is C18H19BrN2O2. The zero-order valence-electron chi connectivity index (χ0n) is 13.4. The number of carbonyl (C=O) groups is 1. The van der Waals surface area contributed by atoms with E-state index in [9.17, 15) is 4.79 Å². The minimum atomic E-state index is -0.302. The number of aryl methyl sites for hydroxylation is 2. The third-order valence-electron chi connectivity index (χ3n) is 3.26. The molecule has 0 saturated carbocycles. The maximum Gasteiger partial charge on any atom is 0.277 e. The summed E-state index contributed by atoms with van der Waals surface area (Å²) in [5.74, 6) is 0.328. The Hall–Kier alpha value is -2.14. The highest BCUT2D eigenvalue weighted by molar-refractivity contribution is 9.10.